The van der Waals surface area contributed by atoms with Crippen molar-refractivity contribution in [2.24, 2.45) is 0 Å². The Bertz CT molecular complexity index is 432. The summed E-state index contributed by atoms with van der Waals surface area (Å²) in [5, 5.41) is 0. The molecule has 142 valence electrons. The molecule has 1 aromatic rings. The van der Waals surface area contributed by atoms with E-state index in [4.69, 9.17) is 9.47 Å². The van der Waals surface area contributed by atoms with Crippen LogP contribution >= 0.6 is 0 Å². The van der Waals surface area contributed by atoms with Gasteiger partial charge in [-0.1, -0.05) is 89.5 Å². The second-order valence-corrected chi connectivity index (χ2v) is 7.53. The maximum atomic E-state index is 6.07. The van der Waals surface area contributed by atoms with Gasteiger partial charge < -0.3 is 9.47 Å². The van der Waals surface area contributed by atoms with E-state index < -0.39 is 0 Å². The normalized spacial score (nSPS) is 20.7. The van der Waals surface area contributed by atoms with E-state index in [9.17, 15) is 0 Å². The van der Waals surface area contributed by atoms with Crippen molar-refractivity contribution in [2.45, 2.75) is 96.7 Å². The molecule has 2 heteroatoms. The van der Waals surface area contributed by atoms with E-state index in [0.29, 0.717) is 12.7 Å². The number of aryl methyl sites for hydroxylation is 1. The van der Waals surface area contributed by atoms with Crippen molar-refractivity contribution in [1.82, 2.24) is 0 Å². The lowest BCUT2D eigenvalue weighted by Crippen LogP contribution is -2.31. The van der Waals surface area contributed by atoms with Gasteiger partial charge in [-0.05, 0) is 30.4 Å². The molecule has 1 fully saturated rings. The second kappa shape index (κ2) is 12.5. The summed E-state index contributed by atoms with van der Waals surface area (Å²) in [4.78, 5) is 0. The number of rotatable bonds is 12. The minimum atomic E-state index is 0.116. The Hall–Kier alpha value is -0.860. The summed E-state index contributed by atoms with van der Waals surface area (Å²) in [5.74, 6) is 0. The monoisotopic (exact) mass is 346 g/mol. The quantitative estimate of drug-likeness (QED) is 0.396. The molecule has 1 aromatic carbocycles. The lowest BCUT2D eigenvalue weighted by Gasteiger charge is -2.30. The molecule has 0 unspecified atom stereocenters. The largest absolute Gasteiger partial charge is 0.373 e. The van der Waals surface area contributed by atoms with Crippen molar-refractivity contribution in [3.63, 3.8) is 0 Å². The van der Waals surface area contributed by atoms with Gasteiger partial charge in [-0.25, -0.2) is 0 Å². The fraction of sp³-hybridized carbons (Fsp3) is 0.739. The Labute approximate surface area is 155 Å². The average Bonchev–Trinajstić information content (AvgIpc) is 2.66. The first-order chi connectivity index (χ1) is 12.3. The van der Waals surface area contributed by atoms with Gasteiger partial charge in [-0.2, -0.15) is 0 Å². The molecule has 0 radical (unpaired) electrons. The van der Waals surface area contributed by atoms with Crippen LogP contribution in [-0.4, -0.2) is 19.3 Å². The van der Waals surface area contributed by atoms with Crippen LogP contribution in [0.25, 0.3) is 0 Å². The van der Waals surface area contributed by atoms with Gasteiger partial charge in [0.2, 0.25) is 0 Å². The fourth-order valence-electron chi connectivity index (χ4n) is 3.53. The number of hydrogen-bond acceptors (Lipinski definition) is 2. The van der Waals surface area contributed by atoms with E-state index >= 15 is 0 Å². The third-order valence-corrected chi connectivity index (χ3v) is 5.27. The van der Waals surface area contributed by atoms with Crippen LogP contribution in [0.5, 0.6) is 0 Å². The summed E-state index contributed by atoms with van der Waals surface area (Å²) < 4.78 is 12.1. The van der Waals surface area contributed by atoms with Crippen LogP contribution in [0, 0.1) is 0 Å². The minimum absolute atomic E-state index is 0.116. The Kier molecular flexibility index (Phi) is 10.2. The van der Waals surface area contributed by atoms with Crippen LogP contribution in [0.3, 0.4) is 0 Å². The summed E-state index contributed by atoms with van der Waals surface area (Å²) in [6.45, 7) is 5.97. The van der Waals surface area contributed by atoms with Crippen molar-refractivity contribution in [1.29, 1.82) is 0 Å². The summed E-state index contributed by atoms with van der Waals surface area (Å²) in [6.07, 6.45) is 14.7. The number of hydrogen-bond donors (Lipinski definition) is 0. The van der Waals surface area contributed by atoms with Gasteiger partial charge in [0.05, 0.1) is 19.3 Å². The third-order valence-electron chi connectivity index (χ3n) is 5.27. The predicted octanol–water partition coefficient (Wildman–Crippen LogP) is 6.63. The molecular weight excluding hydrogens is 308 g/mol. The Morgan fingerprint density at radius 3 is 2.08 bits per heavy atom. The van der Waals surface area contributed by atoms with Crippen LogP contribution in [0.15, 0.2) is 24.3 Å². The number of benzene rings is 1. The molecule has 1 aliphatic rings. The lowest BCUT2D eigenvalue weighted by atomic mass is 10.0. The SMILES string of the molecule is CCCCCCCc1ccc([C@@H]2CO[C@@H](CCCCCC)CO2)cc1. The second-order valence-electron chi connectivity index (χ2n) is 7.53. The summed E-state index contributed by atoms with van der Waals surface area (Å²) in [6, 6.07) is 9.01. The van der Waals surface area contributed by atoms with E-state index in [1.54, 1.807) is 0 Å². The lowest BCUT2D eigenvalue weighted by molar-refractivity contribution is -0.137. The van der Waals surface area contributed by atoms with E-state index in [-0.39, 0.29) is 6.10 Å². The molecule has 0 N–H and O–H groups in total. The van der Waals surface area contributed by atoms with Gasteiger partial charge in [0.1, 0.15) is 6.10 Å². The Morgan fingerprint density at radius 2 is 1.44 bits per heavy atom. The van der Waals surface area contributed by atoms with Gasteiger partial charge in [-0.15, -0.1) is 0 Å². The highest BCUT2D eigenvalue weighted by atomic mass is 16.6. The van der Waals surface area contributed by atoms with E-state index in [1.807, 2.05) is 0 Å². The smallest absolute Gasteiger partial charge is 0.106 e. The van der Waals surface area contributed by atoms with Gasteiger partial charge >= 0.3 is 0 Å². The number of ether oxygens (including phenoxy) is 2. The topological polar surface area (TPSA) is 18.5 Å². The summed E-state index contributed by atoms with van der Waals surface area (Å²) in [5.41, 5.74) is 2.71. The molecule has 1 aliphatic heterocycles. The van der Waals surface area contributed by atoms with Gasteiger partial charge in [0, 0.05) is 0 Å². The van der Waals surface area contributed by atoms with E-state index in [2.05, 4.69) is 38.1 Å². The van der Waals surface area contributed by atoms with E-state index in [1.165, 1.54) is 75.3 Å². The summed E-state index contributed by atoms with van der Waals surface area (Å²) in [7, 11) is 0. The molecule has 0 bridgehead atoms. The van der Waals surface area contributed by atoms with E-state index in [0.717, 1.165) is 13.0 Å². The molecule has 0 spiro atoms. The summed E-state index contributed by atoms with van der Waals surface area (Å²) >= 11 is 0. The molecular formula is C23H38O2. The predicted molar refractivity (Wildman–Crippen MR) is 106 cm³/mol. The van der Waals surface area contributed by atoms with Gasteiger partial charge in [-0.3, -0.25) is 0 Å². The van der Waals surface area contributed by atoms with Gasteiger partial charge in [0.25, 0.3) is 0 Å². The molecule has 2 atom stereocenters. The molecule has 1 saturated heterocycles. The van der Waals surface area contributed by atoms with Crippen LogP contribution < -0.4 is 0 Å². The van der Waals surface area contributed by atoms with Crippen molar-refractivity contribution in [2.75, 3.05) is 13.2 Å². The average molecular weight is 347 g/mol. The zero-order chi connectivity index (χ0) is 17.7. The zero-order valence-corrected chi connectivity index (χ0v) is 16.5. The molecule has 2 nitrogen and oxygen atoms in total. The zero-order valence-electron chi connectivity index (χ0n) is 16.5. The maximum absolute atomic E-state index is 6.07. The molecule has 0 aliphatic carbocycles. The van der Waals surface area contributed by atoms with Crippen molar-refractivity contribution < 1.29 is 9.47 Å². The fourth-order valence-corrected chi connectivity index (χ4v) is 3.53. The molecule has 25 heavy (non-hydrogen) atoms. The third kappa shape index (κ3) is 7.92. The number of unbranched alkanes of at least 4 members (excludes halogenated alkanes) is 7. The highest BCUT2D eigenvalue weighted by Crippen LogP contribution is 2.25. The van der Waals surface area contributed by atoms with Crippen molar-refractivity contribution in [3.05, 3.63) is 35.4 Å². The molecule has 2 rings (SSSR count). The van der Waals surface area contributed by atoms with Gasteiger partial charge in [0.15, 0.2) is 0 Å². The first kappa shape index (κ1) is 20.5. The molecule has 0 saturated carbocycles. The van der Waals surface area contributed by atoms with Crippen LogP contribution in [-0.2, 0) is 15.9 Å². The first-order valence-corrected chi connectivity index (χ1v) is 10.7. The molecule has 0 aromatic heterocycles. The van der Waals surface area contributed by atoms with Crippen LogP contribution in [0.1, 0.15) is 95.3 Å². The van der Waals surface area contributed by atoms with Crippen LogP contribution in [0.2, 0.25) is 0 Å². The van der Waals surface area contributed by atoms with Crippen LogP contribution in [0.4, 0.5) is 0 Å². The Balaban J connectivity index is 1.65. The van der Waals surface area contributed by atoms with Crippen molar-refractivity contribution in [3.8, 4) is 0 Å². The minimum Gasteiger partial charge on any atom is -0.373 e. The highest BCUT2D eigenvalue weighted by Gasteiger charge is 2.23. The first-order valence-electron chi connectivity index (χ1n) is 10.7. The standard InChI is InChI=1S/C23H38O2/c1-3-5-7-9-10-12-20-14-16-21(17-15-20)23-19-24-22(18-25-23)13-11-8-6-4-2/h14-17,22-23H,3-13,18-19H2,1-2H3/t22-,23-/m0/s1. The van der Waals surface area contributed by atoms with Crippen molar-refractivity contribution >= 4 is 0 Å². The molecule has 1 heterocycles. The highest BCUT2D eigenvalue weighted by molar-refractivity contribution is 5.24. The Morgan fingerprint density at radius 1 is 0.760 bits per heavy atom. The maximum Gasteiger partial charge on any atom is 0.106 e. The molecule has 0 amide bonds.